The minimum Gasteiger partial charge on any atom is -0.444 e. The van der Waals surface area contributed by atoms with E-state index < -0.39 is 23.3 Å². The number of carbonyl (C=O) groups excluding carboxylic acids is 3. The minimum atomic E-state index is -1.21. The van der Waals surface area contributed by atoms with E-state index in [9.17, 15) is 19.5 Å². The van der Waals surface area contributed by atoms with Crippen LogP contribution in [0, 0.1) is 11.8 Å². The molecule has 0 aromatic heterocycles. The average molecular weight is 598 g/mol. The van der Waals surface area contributed by atoms with Gasteiger partial charge in [0.1, 0.15) is 11.6 Å². The van der Waals surface area contributed by atoms with Gasteiger partial charge in [0.2, 0.25) is 11.8 Å². The molecule has 2 N–H and O–H groups in total. The Balaban J connectivity index is 1.49. The average Bonchev–Trinajstić information content (AvgIpc) is 3.13. The summed E-state index contributed by atoms with van der Waals surface area (Å²) in [6, 6.07) is 18.6. The Labute approximate surface area is 258 Å². The van der Waals surface area contributed by atoms with E-state index in [0.717, 1.165) is 27.6 Å². The van der Waals surface area contributed by atoms with Crippen LogP contribution in [-0.2, 0) is 32.0 Å². The van der Waals surface area contributed by atoms with Crippen LogP contribution in [0.4, 0.5) is 10.5 Å². The Morgan fingerprint density at radius 2 is 1.82 bits per heavy atom. The summed E-state index contributed by atoms with van der Waals surface area (Å²) < 4.78 is 10.6. The fourth-order valence-electron chi connectivity index (χ4n) is 5.35. The van der Waals surface area contributed by atoms with Crippen molar-refractivity contribution in [1.82, 2.24) is 9.80 Å². The summed E-state index contributed by atoms with van der Waals surface area (Å²) in [5, 5.41) is 15.5. The van der Waals surface area contributed by atoms with Crippen molar-refractivity contribution in [3.8, 4) is 11.8 Å². The maximum Gasteiger partial charge on any atom is 0.410 e. The van der Waals surface area contributed by atoms with Crippen LogP contribution in [0.1, 0.15) is 50.3 Å². The summed E-state index contributed by atoms with van der Waals surface area (Å²) in [6.45, 7) is 5.88. The lowest BCUT2D eigenvalue weighted by atomic mass is 9.95. The summed E-state index contributed by atoms with van der Waals surface area (Å²) in [6.07, 6.45) is 0.509. The number of aliphatic hydroxyl groups is 1. The molecule has 230 valence electrons. The van der Waals surface area contributed by atoms with E-state index in [1.54, 1.807) is 32.7 Å². The van der Waals surface area contributed by atoms with Gasteiger partial charge in [0, 0.05) is 37.8 Å². The van der Waals surface area contributed by atoms with Crippen molar-refractivity contribution in [2.24, 2.45) is 0 Å². The molecule has 5 rings (SSSR count). The molecule has 1 atom stereocenters. The number of carbonyl (C=O) groups is 3. The van der Waals surface area contributed by atoms with Crippen molar-refractivity contribution in [1.29, 1.82) is 0 Å². The number of rotatable bonds is 6. The Morgan fingerprint density at radius 3 is 2.55 bits per heavy atom. The highest BCUT2D eigenvalue weighted by molar-refractivity contribution is 5.98. The lowest BCUT2D eigenvalue weighted by Gasteiger charge is -2.32. The predicted molar refractivity (Wildman–Crippen MR) is 168 cm³/mol. The molecular formula is C35H39N3O6. The summed E-state index contributed by atoms with van der Waals surface area (Å²) in [5.41, 5.74) is 1.31. The molecule has 1 unspecified atom stereocenters. The molecule has 1 fully saturated rings. The van der Waals surface area contributed by atoms with Gasteiger partial charge in [0.15, 0.2) is 5.60 Å². The van der Waals surface area contributed by atoms with E-state index >= 15 is 0 Å². The van der Waals surface area contributed by atoms with Gasteiger partial charge in [-0.3, -0.25) is 9.59 Å². The fourth-order valence-corrected chi connectivity index (χ4v) is 5.35. The van der Waals surface area contributed by atoms with E-state index in [1.165, 1.54) is 4.90 Å². The van der Waals surface area contributed by atoms with Crippen LogP contribution >= 0.6 is 0 Å². The molecule has 2 heterocycles. The molecule has 9 nitrogen and oxygen atoms in total. The lowest BCUT2D eigenvalue weighted by Crippen LogP contribution is -2.48. The highest BCUT2D eigenvalue weighted by Gasteiger charge is 2.35. The van der Waals surface area contributed by atoms with Crippen LogP contribution in [0.3, 0.4) is 0 Å². The molecule has 2 aliphatic rings. The molecule has 3 amide bonds. The lowest BCUT2D eigenvalue weighted by molar-refractivity contribution is -0.140. The Kier molecular flexibility index (Phi) is 8.95. The van der Waals surface area contributed by atoms with Gasteiger partial charge in [-0.2, -0.15) is 0 Å². The van der Waals surface area contributed by atoms with Gasteiger partial charge >= 0.3 is 6.09 Å². The molecule has 0 saturated carbocycles. The molecular weight excluding hydrogens is 558 g/mol. The number of aryl methyl sites for hydroxylation is 1. The van der Waals surface area contributed by atoms with Gasteiger partial charge in [0.25, 0.3) is 0 Å². The highest BCUT2D eigenvalue weighted by Crippen LogP contribution is 2.29. The number of para-hydroxylation sites is 1. The third-order valence-electron chi connectivity index (χ3n) is 7.81. The highest BCUT2D eigenvalue weighted by atomic mass is 16.6. The van der Waals surface area contributed by atoms with E-state index in [-0.39, 0.29) is 44.5 Å². The number of hydrogen-bond acceptors (Lipinski definition) is 6. The summed E-state index contributed by atoms with van der Waals surface area (Å²) in [4.78, 5) is 43.4. The van der Waals surface area contributed by atoms with Crippen molar-refractivity contribution >= 4 is 34.4 Å². The van der Waals surface area contributed by atoms with Crippen LogP contribution < -0.4 is 5.32 Å². The number of nitrogens with one attached hydrogen (secondary N) is 1. The summed E-state index contributed by atoms with van der Waals surface area (Å²) in [5.74, 6) is 5.53. The maximum atomic E-state index is 14.1. The van der Waals surface area contributed by atoms with E-state index in [4.69, 9.17) is 9.47 Å². The molecule has 1 saturated heterocycles. The Morgan fingerprint density at radius 1 is 1.09 bits per heavy atom. The molecule has 0 radical (unpaired) electrons. The number of fused-ring (bicyclic) bond motifs is 2. The second-order valence-corrected chi connectivity index (χ2v) is 12.5. The van der Waals surface area contributed by atoms with Gasteiger partial charge in [-0.1, -0.05) is 60.4 Å². The zero-order chi connectivity index (χ0) is 31.5. The van der Waals surface area contributed by atoms with E-state index in [2.05, 4.69) is 17.2 Å². The van der Waals surface area contributed by atoms with Crippen molar-refractivity contribution in [2.45, 2.75) is 63.8 Å². The number of nitrogens with zero attached hydrogens (tertiary/aromatic N) is 2. The van der Waals surface area contributed by atoms with Crippen LogP contribution in [0.5, 0.6) is 0 Å². The molecule has 0 bridgehead atoms. The quantitative estimate of drug-likeness (QED) is 0.406. The fraction of sp³-hybridized carbons (Fsp3) is 0.400. The standard InChI is InChI=1S/C35H39N3O6/c1-34(2,3)44-33(41)37(4)20-18-31(39)38(30-16-15-26-10-6-8-12-29(26)36-32(30)40)21-28-25(17-19-35(42)22-43-23-35)14-13-24-9-5-7-11-27(24)28/h5-14,30,42H,15-16,18,20-23H2,1-4H3,(H,36,40). The van der Waals surface area contributed by atoms with E-state index in [1.807, 2.05) is 60.7 Å². The summed E-state index contributed by atoms with van der Waals surface area (Å²) in [7, 11) is 1.59. The number of benzene rings is 3. The molecule has 0 spiro atoms. The first kappa shape index (κ1) is 31.0. The van der Waals surface area contributed by atoms with Crippen LogP contribution in [0.15, 0.2) is 60.7 Å². The van der Waals surface area contributed by atoms with Crippen LogP contribution in [0.2, 0.25) is 0 Å². The first-order chi connectivity index (χ1) is 20.9. The third-order valence-corrected chi connectivity index (χ3v) is 7.81. The van der Waals surface area contributed by atoms with Crippen LogP contribution in [-0.4, -0.2) is 76.9 Å². The van der Waals surface area contributed by atoms with E-state index in [0.29, 0.717) is 18.4 Å². The Bertz CT molecular complexity index is 1630. The number of anilines is 1. The molecule has 3 aromatic rings. The minimum absolute atomic E-state index is 0.00462. The zero-order valence-corrected chi connectivity index (χ0v) is 25.7. The second kappa shape index (κ2) is 12.7. The largest absolute Gasteiger partial charge is 0.444 e. The summed E-state index contributed by atoms with van der Waals surface area (Å²) >= 11 is 0. The second-order valence-electron chi connectivity index (χ2n) is 12.5. The first-order valence-corrected chi connectivity index (χ1v) is 14.9. The van der Waals surface area contributed by atoms with Gasteiger partial charge in [0.05, 0.1) is 13.2 Å². The SMILES string of the molecule is CN(CCC(=O)N(Cc1c(C#CC2(O)COC2)ccc2ccccc12)C1CCc2ccccc2NC1=O)C(=O)OC(C)(C)C. The predicted octanol–water partition coefficient (Wildman–Crippen LogP) is 4.49. The number of hydrogen-bond donors (Lipinski definition) is 2. The first-order valence-electron chi connectivity index (χ1n) is 14.9. The molecule has 9 heteroatoms. The Hall–Kier alpha value is -4.39. The van der Waals surface area contributed by atoms with Crippen molar-refractivity contribution in [2.75, 3.05) is 32.1 Å². The third kappa shape index (κ3) is 7.21. The van der Waals surface area contributed by atoms with Gasteiger partial charge in [-0.15, -0.1) is 0 Å². The van der Waals surface area contributed by atoms with Crippen molar-refractivity contribution in [3.63, 3.8) is 0 Å². The van der Waals surface area contributed by atoms with Crippen LogP contribution in [0.25, 0.3) is 10.8 Å². The molecule has 44 heavy (non-hydrogen) atoms. The zero-order valence-electron chi connectivity index (χ0n) is 25.7. The van der Waals surface area contributed by atoms with Crippen molar-refractivity contribution < 1.29 is 29.0 Å². The van der Waals surface area contributed by atoms with Gasteiger partial charge in [-0.25, -0.2) is 4.79 Å². The molecule has 0 aliphatic carbocycles. The van der Waals surface area contributed by atoms with Gasteiger partial charge < -0.3 is 29.7 Å². The maximum absolute atomic E-state index is 14.1. The number of ether oxygens (including phenoxy) is 2. The molecule has 2 aliphatic heterocycles. The number of amides is 3. The smallest absolute Gasteiger partial charge is 0.410 e. The monoisotopic (exact) mass is 597 g/mol. The topological polar surface area (TPSA) is 108 Å². The van der Waals surface area contributed by atoms with Crippen molar-refractivity contribution in [3.05, 3.63) is 77.4 Å². The normalized spacial score (nSPS) is 17.2. The van der Waals surface area contributed by atoms with Gasteiger partial charge in [-0.05, 0) is 67.6 Å². The molecule has 3 aromatic carbocycles.